The van der Waals surface area contributed by atoms with Crippen molar-refractivity contribution in [3.63, 3.8) is 0 Å². The lowest BCUT2D eigenvalue weighted by Crippen LogP contribution is -2.27. The summed E-state index contributed by atoms with van der Waals surface area (Å²) in [6.45, 7) is 0. The van der Waals surface area contributed by atoms with E-state index in [-0.39, 0.29) is 16.5 Å². The number of carboxylic acid groups (broad SMARTS) is 1. The Morgan fingerprint density at radius 3 is 2.47 bits per heavy atom. The van der Waals surface area contributed by atoms with E-state index in [2.05, 4.69) is 5.10 Å². The Morgan fingerprint density at radius 1 is 1.11 bits per heavy atom. The Hall–Kier alpha value is -3.82. The quantitative estimate of drug-likeness (QED) is 0.348. The van der Waals surface area contributed by atoms with Crippen molar-refractivity contribution in [2.75, 3.05) is 24.0 Å². The predicted octanol–water partition coefficient (Wildman–Crippen LogP) is 4.63. The number of fused-ring (bicyclic) bond motifs is 1. The summed E-state index contributed by atoms with van der Waals surface area (Å²) in [5, 5.41) is 14.2. The SMILES string of the molecule is CSCCc1cc(N(C)C(=O)c2ccn3ncc(-c4ccc(C(N)=O)cc4)c3c2)cc(C(=O)O)c1Cl. The van der Waals surface area contributed by atoms with Crippen molar-refractivity contribution in [1.29, 1.82) is 0 Å². The Kier molecular flexibility index (Phi) is 7.32. The maximum atomic E-state index is 13.4. The van der Waals surface area contributed by atoms with Gasteiger partial charge >= 0.3 is 5.97 Å². The average molecular weight is 523 g/mol. The molecular weight excluding hydrogens is 500 g/mol. The van der Waals surface area contributed by atoms with Crippen LogP contribution in [-0.4, -0.2) is 51.6 Å². The van der Waals surface area contributed by atoms with Crippen molar-refractivity contribution in [1.82, 2.24) is 9.61 Å². The zero-order valence-corrected chi connectivity index (χ0v) is 21.1. The van der Waals surface area contributed by atoms with Gasteiger partial charge in [0.25, 0.3) is 5.91 Å². The summed E-state index contributed by atoms with van der Waals surface area (Å²) >= 11 is 7.96. The standard InChI is InChI=1S/C26H23ClN4O4S/c1-30(19-11-17(8-10-36-2)23(27)20(13-19)26(34)35)25(33)18-7-9-31-22(12-18)21(14-29-31)15-3-5-16(6-4-15)24(28)32/h3-7,9,11-14H,8,10H2,1-2H3,(H2,28,32)(H,34,35). The maximum absolute atomic E-state index is 13.4. The minimum atomic E-state index is -1.15. The molecule has 36 heavy (non-hydrogen) atoms. The number of carboxylic acids is 1. The van der Waals surface area contributed by atoms with Crippen molar-refractivity contribution >= 4 is 52.4 Å². The van der Waals surface area contributed by atoms with Crippen LogP contribution in [-0.2, 0) is 6.42 Å². The molecule has 0 aliphatic rings. The first kappa shape index (κ1) is 25.3. The molecule has 0 aliphatic carbocycles. The van der Waals surface area contributed by atoms with Gasteiger partial charge in [-0.25, -0.2) is 9.31 Å². The molecule has 4 aromatic rings. The molecule has 0 aliphatic heterocycles. The van der Waals surface area contributed by atoms with Gasteiger partial charge in [-0.15, -0.1) is 0 Å². The van der Waals surface area contributed by atoms with E-state index >= 15 is 0 Å². The van der Waals surface area contributed by atoms with Crippen LogP contribution in [0, 0.1) is 0 Å². The number of carbonyl (C=O) groups excluding carboxylic acids is 2. The second-order valence-corrected chi connectivity index (χ2v) is 9.49. The number of aromatic carboxylic acids is 1. The predicted molar refractivity (Wildman–Crippen MR) is 142 cm³/mol. The molecule has 3 N–H and O–H groups in total. The van der Waals surface area contributed by atoms with Gasteiger partial charge in [-0.1, -0.05) is 23.7 Å². The zero-order chi connectivity index (χ0) is 26.0. The van der Waals surface area contributed by atoms with Crippen LogP contribution in [0.3, 0.4) is 0 Å². The first-order valence-electron chi connectivity index (χ1n) is 10.9. The first-order chi connectivity index (χ1) is 17.2. The third-order valence-electron chi connectivity index (χ3n) is 5.88. The lowest BCUT2D eigenvalue weighted by atomic mass is 10.0. The van der Waals surface area contributed by atoms with E-state index in [0.717, 1.165) is 16.9 Å². The number of carbonyl (C=O) groups is 3. The van der Waals surface area contributed by atoms with Gasteiger partial charge in [0.15, 0.2) is 0 Å². The van der Waals surface area contributed by atoms with Crippen LogP contribution in [0.1, 0.15) is 36.6 Å². The molecule has 0 bridgehead atoms. The number of pyridine rings is 1. The summed E-state index contributed by atoms with van der Waals surface area (Å²) in [6, 6.07) is 13.4. The molecule has 2 aromatic carbocycles. The van der Waals surface area contributed by atoms with E-state index in [9.17, 15) is 19.5 Å². The van der Waals surface area contributed by atoms with Gasteiger partial charge in [0.1, 0.15) is 0 Å². The molecule has 0 saturated carbocycles. The molecule has 0 unspecified atom stereocenters. The van der Waals surface area contributed by atoms with E-state index in [1.54, 1.807) is 78.2 Å². The van der Waals surface area contributed by atoms with Crippen LogP contribution < -0.4 is 10.6 Å². The van der Waals surface area contributed by atoms with Crippen molar-refractivity contribution in [3.05, 3.63) is 88.2 Å². The molecule has 2 amide bonds. The number of thioether (sulfide) groups is 1. The molecule has 2 heterocycles. The Balaban J connectivity index is 1.70. The summed E-state index contributed by atoms with van der Waals surface area (Å²) < 4.78 is 1.65. The monoisotopic (exact) mass is 522 g/mol. The number of rotatable bonds is 8. The summed E-state index contributed by atoms with van der Waals surface area (Å²) in [7, 11) is 1.60. The fourth-order valence-corrected chi connectivity index (χ4v) is 4.58. The number of amides is 2. The highest BCUT2D eigenvalue weighted by Gasteiger charge is 2.21. The fourth-order valence-electron chi connectivity index (χ4n) is 3.87. The minimum absolute atomic E-state index is 0.0437. The second-order valence-electron chi connectivity index (χ2n) is 8.12. The van der Waals surface area contributed by atoms with Crippen LogP contribution >= 0.6 is 23.4 Å². The van der Waals surface area contributed by atoms with Crippen LogP contribution in [0.5, 0.6) is 0 Å². The highest BCUT2D eigenvalue weighted by molar-refractivity contribution is 7.98. The van der Waals surface area contributed by atoms with Gasteiger partial charge in [-0.05, 0) is 66.0 Å². The Morgan fingerprint density at radius 2 is 1.83 bits per heavy atom. The van der Waals surface area contributed by atoms with Gasteiger partial charge in [0, 0.05) is 35.6 Å². The molecule has 0 saturated heterocycles. The normalized spacial score (nSPS) is 11.0. The average Bonchev–Trinajstić information content (AvgIpc) is 3.30. The minimum Gasteiger partial charge on any atom is -0.478 e. The molecule has 4 rings (SSSR count). The smallest absolute Gasteiger partial charge is 0.337 e. The summed E-state index contributed by atoms with van der Waals surface area (Å²) in [6.07, 6.45) is 5.91. The number of benzene rings is 2. The number of hydrogen-bond donors (Lipinski definition) is 2. The van der Waals surface area contributed by atoms with E-state index in [1.807, 2.05) is 6.26 Å². The second kappa shape index (κ2) is 10.4. The highest BCUT2D eigenvalue weighted by Crippen LogP contribution is 2.30. The fraction of sp³-hybridized carbons (Fsp3) is 0.154. The number of nitrogens with two attached hydrogens (primary N) is 1. The molecule has 184 valence electrons. The van der Waals surface area contributed by atoms with Gasteiger partial charge < -0.3 is 15.7 Å². The van der Waals surface area contributed by atoms with Crippen molar-refractivity contribution < 1.29 is 19.5 Å². The number of halogens is 1. The summed E-state index contributed by atoms with van der Waals surface area (Å²) in [5.41, 5.74) is 9.49. The van der Waals surface area contributed by atoms with E-state index < -0.39 is 11.9 Å². The lowest BCUT2D eigenvalue weighted by Gasteiger charge is -2.20. The Labute approximate surface area is 216 Å². The topological polar surface area (TPSA) is 118 Å². The number of aromatic nitrogens is 2. The van der Waals surface area contributed by atoms with Crippen LogP contribution in [0.25, 0.3) is 16.6 Å². The van der Waals surface area contributed by atoms with E-state index in [0.29, 0.717) is 34.3 Å². The van der Waals surface area contributed by atoms with Gasteiger partial charge in [0.2, 0.25) is 5.91 Å². The number of nitrogens with zero attached hydrogens (tertiary/aromatic N) is 3. The molecule has 0 fully saturated rings. The van der Waals surface area contributed by atoms with Crippen LogP contribution in [0.4, 0.5) is 5.69 Å². The molecule has 0 atom stereocenters. The van der Waals surface area contributed by atoms with E-state index in [1.165, 1.54) is 11.0 Å². The third kappa shape index (κ3) is 4.93. The number of aryl methyl sites for hydroxylation is 1. The molecule has 0 radical (unpaired) electrons. The molecule has 2 aromatic heterocycles. The highest BCUT2D eigenvalue weighted by atomic mass is 35.5. The van der Waals surface area contributed by atoms with Crippen LogP contribution in [0.2, 0.25) is 5.02 Å². The van der Waals surface area contributed by atoms with Crippen LogP contribution in [0.15, 0.2) is 60.9 Å². The third-order valence-corrected chi connectivity index (χ3v) is 6.94. The summed E-state index contributed by atoms with van der Waals surface area (Å²) in [4.78, 5) is 38.0. The lowest BCUT2D eigenvalue weighted by molar-refractivity contribution is 0.0696. The first-order valence-corrected chi connectivity index (χ1v) is 12.7. The maximum Gasteiger partial charge on any atom is 0.337 e. The zero-order valence-electron chi connectivity index (χ0n) is 19.6. The van der Waals surface area contributed by atoms with Gasteiger partial charge in [-0.2, -0.15) is 16.9 Å². The van der Waals surface area contributed by atoms with Gasteiger partial charge in [-0.3, -0.25) is 9.59 Å². The van der Waals surface area contributed by atoms with Crippen molar-refractivity contribution in [3.8, 4) is 11.1 Å². The summed E-state index contributed by atoms with van der Waals surface area (Å²) in [5.74, 6) is -1.22. The largest absolute Gasteiger partial charge is 0.478 e. The number of anilines is 1. The molecule has 8 nitrogen and oxygen atoms in total. The Bertz CT molecular complexity index is 1480. The van der Waals surface area contributed by atoms with Crippen molar-refractivity contribution in [2.45, 2.75) is 6.42 Å². The number of hydrogen-bond acceptors (Lipinski definition) is 5. The molecular formula is C26H23ClN4O4S. The molecule has 0 spiro atoms. The van der Waals surface area contributed by atoms with Gasteiger partial charge in [0.05, 0.1) is 22.3 Å². The number of primary amides is 1. The van der Waals surface area contributed by atoms with E-state index in [4.69, 9.17) is 17.3 Å². The molecule has 10 heteroatoms. The van der Waals surface area contributed by atoms with Crippen molar-refractivity contribution in [2.24, 2.45) is 5.73 Å².